The Morgan fingerprint density at radius 1 is 0.643 bits per heavy atom. The number of rotatable bonds is 6. The zero-order valence-electron chi connectivity index (χ0n) is 16.3. The molecule has 1 aliphatic heterocycles. The molecule has 0 radical (unpaired) electrons. The molecule has 2 aromatic heterocycles. The molecule has 0 spiro atoms. The lowest BCUT2D eigenvalue weighted by atomic mass is 10.3. The Kier molecular flexibility index (Phi) is 6.50. The molecule has 1 aliphatic rings. The third-order valence-corrected chi connectivity index (χ3v) is 4.21. The average Bonchev–Trinajstić information content (AvgIpc) is 2.59. The topological polar surface area (TPSA) is 108 Å². The summed E-state index contributed by atoms with van der Waals surface area (Å²) in [5.74, 6) is 2.06. The van der Waals surface area contributed by atoms with Gasteiger partial charge in [-0.1, -0.05) is 0 Å². The maximum Gasteiger partial charge on any atom is 0.231 e. The summed E-state index contributed by atoms with van der Waals surface area (Å²) in [6, 6.07) is 0.399. The molecule has 1 fully saturated rings. The van der Waals surface area contributed by atoms with Crippen LogP contribution in [0.3, 0.4) is 0 Å². The highest BCUT2D eigenvalue weighted by Crippen LogP contribution is 2.20. The van der Waals surface area contributed by atoms with E-state index in [1.807, 2.05) is 27.7 Å². The summed E-state index contributed by atoms with van der Waals surface area (Å²) in [6.07, 6.45) is 0. The summed E-state index contributed by atoms with van der Waals surface area (Å²) < 4.78 is 0. The molecule has 28 heavy (non-hydrogen) atoms. The number of nitrogens with zero attached hydrogens (tertiary/aromatic N) is 8. The van der Waals surface area contributed by atoms with Crippen LogP contribution in [0.4, 0.5) is 23.8 Å². The number of halogens is 2. The molecular formula is C16H24Cl2N10. The van der Waals surface area contributed by atoms with Crippen LogP contribution >= 0.6 is 23.2 Å². The molecule has 152 valence electrons. The molecule has 0 atom stereocenters. The van der Waals surface area contributed by atoms with E-state index in [-0.39, 0.29) is 22.7 Å². The quantitative estimate of drug-likeness (QED) is 0.713. The first-order chi connectivity index (χ1) is 13.3. The molecular weight excluding hydrogens is 403 g/mol. The van der Waals surface area contributed by atoms with Crippen molar-refractivity contribution < 1.29 is 0 Å². The minimum Gasteiger partial charge on any atom is -0.352 e. The highest BCUT2D eigenvalue weighted by molar-refractivity contribution is 6.28. The van der Waals surface area contributed by atoms with Crippen LogP contribution in [0, 0.1) is 0 Å². The van der Waals surface area contributed by atoms with Crippen LogP contribution in [0.2, 0.25) is 10.6 Å². The van der Waals surface area contributed by atoms with E-state index in [1.165, 1.54) is 0 Å². The van der Waals surface area contributed by atoms with E-state index >= 15 is 0 Å². The molecule has 12 heteroatoms. The lowest BCUT2D eigenvalue weighted by molar-refractivity contribution is 0.625. The molecule has 2 aromatic rings. The predicted octanol–water partition coefficient (Wildman–Crippen LogP) is 2.33. The molecule has 10 nitrogen and oxygen atoms in total. The van der Waals surface area contributed by atoms with Gasteiger partial charge in [-0.2, -0.15) is 29.9 Å². The fourth-order valence-electron chi connectivity index (χ4n) is 2.71. The van der Waals surface area contributed by atoms with E-state index in [0.29, 0.717) is 50.0 Å². The SMILES string of the molecule is CC(C)Nc1nc(Cl)nc(N2CCN(c3nc(Cl)nc(NC(C)C)n3)CC2)n1. The van der Waals surface area contributed by atoms with Crippen molar-refractivity contribution in [1.29, 1.82) is 0 Å². The highest BCUT2D eigenvalue weighted by Gasteiger charge is 2.23. The Morgan fingerprint density at radius 2 is 1.00 bits per heavy atom. The zero-order valence-corrected chi connectivity index (χ0v) is 17.8. The molecule has 0 unspecified atom stereocenters. The van der Waals surface area contributed by atoms with Gasteiger partial charge < -0.3 is 20.4 Å². The molecule has 0 amide bonds. The fraction of sp³-hybridized carbons (Fsp3) is 0.625. The van der Waals surface area contributed by atoms with Gasteiger partial charge in [-0.3, -0.25) is 0 Å². The number of nitrogens with one attached hydrogen (secondary N) is 2. The Morgan fingerprint density at radius 3 is 1.32 bits per heavy atom. The van der Waals surface area contributed by atoms with Gasteiger partial charge in [-0.05, 0) is 50.9 Å². The van der Waals surface area contributed by atoms with E-state index in [1.54, 1.807) is 0 Å². The van der Waals surface area contributed by atoms with Gasteiger partial charge in [-0.25, -0.2) is 0 Å². The lowest BCUT2D eigenvalue weighted by Crippen LogP contribution is -2.48. The summed E-state index contributed by atoms with van der Waals surface area (Å²) in [5.41, 5.74) is 0. The predicted molar refractivity (Wildman–Crippen MR) is 112 cm³/mol. The minimum atomic E-state index is 0.171. The molecule has 3 heterocycles. The van der Waals surface area contributed by atoms with E-state index < -0.39 is 0 Å². The second-order valence-electron chi connectivity index (χ2n) is 7.03. The Bertz CT molecular complexity index is 741. The van der Waals surface area contributed by atoms with Crippen LogP contribution in [0.25, 0.3) is 0 Å². The first-order valence-corrected chi connectivity index (χ1v) is 9.92. The number of hydrogen-bond donors (Lipinski definition) is 2. The van der Waals surface area contributed by atoms with E-state index in [4.69, 9.17) is 23.2 Å². The third-order valence-electron chi connectivity index (χ3n) is 3.87. The van der Waals surface area contributed by atoms with Crippen LogP contribution in [0.1, 0.15) is 27.7 Å². The zero-order chi connectivity index (χ0) is 20.3. The van der Waals surface area contributed by atoms with Crippen LogP contribution in [-0.4, -0.2) is 68.2 Å². The molecule has 0 saturated carbocycles. The summed E-state index contributed by atoms with van der Waals surface area (Å²) in [4.78, 5) is 29.8. The number of aromatic nitrogens is 6. The van der Waals surface area contributed by atoms with Gasteiger partial charge in [0.25, 0.3) is 0 Å². The van der Waals surface area contributed by atoms with Crippen LogP contribution < -0.4 is 20.4 Å². The van der Waals surface area contributed by atoms with Gasteiger partial charge in [0.1, 0.15) is 0 Å². The number of piperazine rings is 1. The lowest BCUT2D eigenvalue weighted by Gasteiger charge is -2.34. The summed E-state index contributed by atoms with van der Waals surface area (Å²) >= 11 is 12.1. The van der Waals surface area contributed by atoms with Gasteiger partial charge in [0.2, 0.25) is 34.4 Å². The molecule has 0 aliphatic carbocycles. The van der Waals surface area contributed by atoms with Gasteiger partial charge >= 0.3 is 0 Å². The van der Waals surface area contributed by atoms with Crippen molar-refractivity contribution in [3.8, 4) is 0 Å². The summed E-state index contributed by atoms with van der Waals surface area (Å²) in [7, 11) is 0. The Hall–Kier alpha value is -2.20. The van der Waals surface area contributed by atoms with Crippen molar-refractivity contribution in [2.45, 2.75) is 39.8 Å². The van der Waals surface area contributed by atoms with Gasteiger partial charge in [0.15, 0.2) is 0 Å². The smallest absolute Gasteiger partial charge is 0.231 e. The standard InChI is InChI=1S/C16H24Cl2N10/c1-9(2)19-13-21-11(17)23-15(25-13)27-5-7-28(8-6-27)16-24-12(18)22-14(26-16)20-10(3)4/h9-10H,5-8H2,1-4H3,(H,19,21,23,25)(H,20,22,24,26). The van der Waals surface area contributed by atoms with Crippen LogP contribution in [-0.2, 0) is 0 Å². The van der Waals surface area contributed by atoms with Gasteiger partial charge in [0.05, 0.1) is 0 Å². The van der Waals surface area contributed by atoms with E-state index in [2.05, 4.69) is 50.3 Å². The van der Waals surface area contributed by atoms with Gasteiger partial charge in [0, 0.05) is 38.3 Å². The monoisotopic (exact) mass is 426 g/mol. The molecule has 3 rings (SSSR count). The molecule has 0 aromatic carbocycles. The maximum atomic E-state index is 6.07. The van der Waals surface area contributed by atoms with Crippen molar-refractivity contribution in [3.05, 3.63) is 10.6 Å². The normalized spacial score (nSPS) is 14.7. The molecule has 0 bridgehead atoms. The van der Waals surface area contributed by atoms with E-state index in [0.717, 1.165) is 0 Å². The van der Waals surface area contributed by atoms with Crippen molar-refractivity contribution in [1.82, 2.24) is 29.9 Å². The van der Waals surface area contributed by atoms with Crippen molar-refractivity contribution in [2.75, 3.05) is 46.6 Å². The van der Waals surface area contributed by atoms with Crippen molar-refractivity contribution in [2.24, 2.45) is 0 Å². The Labute approximate surface area is 174 Å². The second kappa shape index (κ2) is 8.87. The summed E-state index contributed by atoms with van der Waals surface area (Å²) in [6.45, 7) is 10.8. The van der Waals surface area contributed by atoms with Crippen molar-refractivity contribution in [3.63, 3.8) is 0 Å². The van der Waals surface area contributed by atoms with E-state index in [9.17, 15) is 0 Å². The highest BCUT2D eigenvalue weighted by atomic mass is 35.5. The molecule has 2 N–H and O–H groups in total. The average molecular weight is 427 g/mol. The first kappa shape index (κ1) is 20.5. The van der Waals surface area contributed by atoms with Crippen LogP contribution in [0.15, 0.2) is 0 Å². The second-order valence-corrected chi connectivity index (χ2v) is 7.70. The molecule has 1 saturated heterocycles. The minimum absolute atomic E-state index is 0.171. The maximum absolute atomic E-state index is 6.07. The van der Waals surface area contributed by atoms with Crippen molar-refractivity contribution >= 4 is 47.0 Å². The fourth-order valence-corrected chi connectivity index (χ4v) is 3.03. The summed E-state index contributed by atoms with van der Waals surface area (Å²) in [5, 5.41) is 6.65. The number of anilines is 4. The van der Waals surface area contributed by atoms with Gasteiger partial charge in [-0.15, -0.1) is 0 Å². The third kappa shape index (κ3) is 5.41. The largest absolute Gasteiger partial charge is 0.352 e. The Balaban J connectivity index is 1.70. The first-order valence-electron chi connectivity index (χ1n) is 9.16. The number of hydrogen-bond acceptors (Lipinski definition) is 10. The van der Waals surface area contributed by atoms with Crippen LogP contribution in [0.5, 0.6) is 0 Å².